The van der Waals surface area contributed by atoms with E-state index in [0.717, 1.165) is 51.4 Å². The number of unbranched alkanes of at least 4 members (excludes halogenated alkanes) is 2. The highest BCUT2D eigenvalue weighted by Crippen LogP contribution is 2.12. The zero-order valence-corrected chi connectivity index (χ0v) is 13.5. The van der Waals surface area contributed by atoms with Gasteiger partial charge >= 0.3 is 11.9 Å². The van der Waals surface area contributed by atoms with E-state index >= 15 is 0 Å². The number of carbonyl (C=O) groups is 2. The molecule has 4 nitrogen and oxygen atoms in total. The van der Waals surface area contributed by atoms with E-state index in [1.165, 1.54) is 0 Å². The van der Waals surface area contributed by atoms with Crippen molar-refractivity contribution >= 4 is 11.9 Å². The van der Waals surface area contributed by atoms with E-state index in [9.17, 15) is 9.59 Å². The molecule has 0 aliphatic rings. The summed E-state index contributed by atoms with van der Waals surface area (Å²) in [5.41, 5.74) is 0. The smallest absolute Gasteiger partial charge is 0.306 e. The maximum Gasteiger partial charge on any atom is 0.306 e. The molecule has 0 saturated heterocycles. The summed E-state index contributed by atoms with van der Waals surface area (Å²) in [5, 5.41) is 17.2. The van der Waals surface area contributed by atoms with Crippen molar-refractivity contribution in [3.63, 3.8) is 0 Å². The molecule has 0 aliphatic carbocycles. The zero-order chi connectivity index (χ0) is 16.0. The summed E-state index contributed by atoms with van der Waals surface area (Å²) in [4.78, 5) is 20.9. The quantitative estimate of drug-likeness (QED) is 0.617. The lowest BCUT2D eigenvalue weighted by atomic mass is 10.00. The third-order valence-corrected chi connectivity index (χ3v) is 3.50. The monoisotopic (exact) mass is 288 g/mol. The molecule has 4 heteroatoms. The largest absolute Gasteiger partial charge is 0.481 e. The second-order valence-corrected chi connectivity index (χ2v) is 5.17. The maximum absolute atomic E-state index is 10.4. The molecule has 0 aromatic carbocycles. The summed E-state index contributed by atoms with van der Waals surface area (Å²) < 4.78 is 0. The van der Waals surface area contributed by atoms with Gasteiger partial charge in [0.2, 0.25) is 0 Å². The highest BCUT2D eigenvalue weighted by molar-refractivity contribution is 5.70. The molecule has 0 aliphatic heterocycles. The molecule has 0 bridgehead atoms. The Morgan fingerprint density at radius 3 is 1.20 bits per heavy atom. The van der Waals surface area contributed by atoms with Gasteiger partial charge in [0, 0.05) is 0 Å². The van der Waals surface area contributed by atoms with Crippen molar-refractivity contribution < 1.29 is 19.8 Å². The van der Waals surface area contributed by atoms with Gasteiger partial charge in [-0.3, -0.25) is 9.59 Å². The van der Waals surface area contributed by atoms with Gasteiger partial charge in [-0.1, -0.05) is 53.4 Å². The fourth-order valence-corrected chi connectivity index (χ4v) is 1.91. The van der Waals surface area contributed by atoms with Gasteiger partial charge in [0.1, 0.15) is 0 Å². The molecule has 20 heavy (non-hydrogen) atoms. The minimum Gasteiger partial charge on any atom is -0.481 e. The Balaban J connectivity index is 0. The molecule has 0 spiro atoms. The number of aliphatic carboxylic acids is 2. The predicted octanol–water partition coefficient (Wildman–Crippen LogP) is 4.57. The zero-order valence-electron chi connectivity index (χ0n) is 13.5. The highest BCUT2D eigenvalue weighted by Gasteiger charge is 2.13. The highest BCUT2D eigenvalue weighted by atomic mass is 16.4. The lowest BCUT2D eigenvalue weighted by Gasteiger charge is -2.06. The van der Waals surface area contributed by atoms with Gasteiger partial charge in [0.05, 0.1) is 11.8 Å². The third-order valence-electron chi connectivity index (χ3n) is 3.50. The van der Waals surface area contributed by atoms with Crippen molar-refractivity contribution in [2.45, 2.75) is 79.1 Å². The maximum atomic E-state index is 10.4. The van der Waals surface area contributed by atoms with E-state index in [1.807, 2.05) is 13.8 Å². The van der Waals surface area contributed by atoms with Crippen molar-refractivity contribution in [1.29, 1.82) is 0 Å². The van der Waals surface area contributed by atoms with Crippen LogP contribution in [0.25, 0.3) is 0 Å². The summed E-state index contributed by atoms with van der Waals surface area (Å²) in [7, 11) is 0. The second kappa shape index (κ2) is 14.4. The van der Waals surface area contributed by atoms with E-state index in [2.05, 4.69) is 13.8 Å². The first-order valence-electron chi connectivity index (χ1n) is 7.89. The molecule has 0 saturated carbocycles. The Hall–Kier alpha value is -1.06. The van der Waals surface area contributed by atoms with Gasteiger partial charge in [-0.05, 0) is 25.7 Å². The average molecular weight is 288 g/mol. The van der Waals surface area contributed by atoms with Crippen LogP contribution in [0.15, 0.2) is 0 Å². The number of hydrogen-bond donors (Lipinski definition) is 2. The Labute approximate surface area is 123 Å². The van der Waals surface area contributed by atoms with Gasteiger partial charge in [-0.2, -0.15) is 0 Å². The van der Waals surface area contributed by atoms with Crippen LogP contribution in [0.1, 0.15) is 79.1 Å². The van der Waals surface area contributed by atoms with Gasteiger partial charge in [0.25, 0.3) is 0 Å². The minimum absolute atomic E-state index is 0.111. The van der Waals surface area contributed by atoms with Crippen LogP contribution in [0.3, 0.4) is 0 Å². The fourth-order valence-electron chi connectivity index (χ4n) is 1.91. The minimum atomic E-state index is -0.643. The van der Waals surface area contributed by atoms with Gasteiger partial charge in [-0.25, -0.2) is 0 Å². The van der Waals surface area contributed by atoms with Crippen LogP contribution in [-0.4, -0.2) is 22.2 Å². The van der Waals surface area contributed by atoms with Crippen molar-refractivity contribution in [3.8, 4) is 0 Å². The lowest BCUT2D eigenvalue weighted by Crippen LogP contribution is -2.11. The molecule has 2 N–H and O–H groups in total. The van der Waals surface area contributed by atoms with Crippen LogP contribution in [0.4, 0.5) is 0 Å². The van der Waals surface area contributed by atoms with E-state index in [0.29, 0.717) is 0 Å². The molecule has 2 unspecified atom stereocenters. The number of rotatable bonds is 10. The summed E-state index contributed by atoms with van der Waals surface area (Å²) >= 11 is 0. The van der Waals surface area contributed by atoms with Crippen LogP contribution in [0.5, 0.6) is 0 Å². The third kappa shape index (κ3) is 12.0. The topological polar surface area (TPSA) is 74.6 Å². The van der Waals surface area contributed by atoms with E-state index < -0.39 is 11.9 Å². The number of carboxylic acids is 2. The van der Waals surface area contributed by atoms with E-state index in [1.54, 1.807) is 0 Å². The summed E-state index contributed by atoms with van der Waals surface area (Å²) in [6, 6.07) is 0. The van der Waals surface area contributed by atoms with E-state index in [4.69, 9.17) is 10.2 Å². The van der Waals surface area contributed by atoms with Gasteiger partial charge in [0.15, 0.2) is 0 Å². The standard InChI is InChI=1S/2C8H16O2/c2*1-3-5-6-7(4-2)8(9)10/h2*7H,3-6H2,1-2H3,(H,9,10). The Morgan fingerprint density at radius 2 is 1.05 bits per heavy atom. The molecule has 0 aromatic heterocycles. The first-order chi connectivity index (χ1) is 9.44. The normalized spacial score (nSPS) is 13.0. The Morgan fingerprint density at radius 1 is 0.750 bits per heavy atom. The molecule has 0 rings (SSSR count). The molecule has 0 heterocycles. The van der Waals surface area contributed by atoms with Crippen molar-refractivity contribution in [2.24, 2.45) is 11.8 Å². The SMILES string of the molecule is CCCCC(CC)C(=O)O.CCCCC(CC)C(=O)O. The Kier molecular flexibility index (Phi) is 15.2. The summed E-state index contributed by atoms with van der Waals surface area (Å²) in [5.74, 6) is -1.51. The van der Waals surface area contributed by atoms with Crippen LogP contribution in [0, 0.1) is 11.8 Å². The summed E-state index contributed by atoms with van der Waals surface area (Å²) in [6.45, 7) is 8.01. The summed E-state index contributed by atoms with van der Waals surface area (Å²) in [6.07, 6.45) is 7.43. The number of hydrogen-bond acceptors (Lipinski definition) is 2. The molecule has 0 amide bonds. The van der Waals surface area contributed by atoms with Crippen molar-refractivity contribution in [1.82, 2.24) is 0 Å². The van der Waals surface area contributed by atoms with Crippen LogP contribution in [-0.2, 0) is 9.59 Å². The molecular formula is C16H32O4. The van der Waals surface area contributed by atoms with Crippen LogP contribution in [0.2, 0.25) is 0 Å². The molecule has 120 valence electrons. The molecule has 0 fully saturated rings. The van der Waals surface area contributed by atoms with Gasteiger partial charge in [-0.15, -0.1) is 0 Å². The van der Waals surface area contributed by atoms with E-state index in [-0.39, 0.29) is 11.8 Å². The first kappa shape index (κ1) is 21.2. The molecule has 0 radical (unpaired) electrons. The lowest BCUT2D eigenvalue weighted by molar-refractivity contribution is -0.143. The molecule has 2 atom stereocenters. The fraction of sp³-hybridized carbons (Fsp3) is 0.875. The molecule has 0 aromatic rings. The van der Waals surface area contributed by atoms with Crippen LogP contribution < -0.4 is 0 Å². The number of carboxylic acid groups (broad SMARTS) is 2. The predicted molar refractivity (Wildman–Crippen MR) is 81.9 cm³/mol. The van der Waals surface area contributed by atoms with Crippen molar-refractivity contribution in [2.75, 3.05) is 0 Å². The van der Waals surface area contributed by atoms with Gasteiger partial charge < -0.3 is 10.2 Å². The Bertz CT molecular complexity index is 225. The second-order valence-electron chi connectivity index (χ2n) is 5.17. The average Bonchev–Trinajstić information content (AvgIpc) is 2.40. The van der Waals surface area contributed by atoms with Crippen molar-refractivity contribution in [3.05, 3.63) is 0 Å². The first-order valence-corrected chi connectivity index (χ1v) is 7.89. The van der Waals surface area contributed by atoms with Crippen LogP contribution >= 0.6 is 0 Å². The molecular weight excluding hydrogens is 256 g/mol.